The van der Waals surface area contributed by atoms with E-state index in [9.17, 15) is 18.0 Å². The van der Waals surface area contributed by atoms with Gasteiger partial charge in [-0.25, -0.2) is 4.98 Å². The Kier molecular flexibility index (Phi) is 4.04. The summed E-state index contributed by atoms with van der Waals surface area (Å²) >= 11 is 5.65. The van der Waals surface area contributed by atoms with E-state index in [1.54, 1.807) is 0 Å². The van der Waals surface area contributed by atoms with Gasteiger partial charge in [0.05, 0.1) is 23.0 Å². The maximum atomic E-state index is 12.6. The summed E-state index contributed by atoms with van der Waals surface area (Å²) in [7, 11) is 0. The van der Waals surface area contributed by atoms with Crippen LogP contribution in [0.25, 0.3) is 0 Å². The molecule has 0 saturated carbocycles. The van der Waals surface area contributed by atoms with Crippen LogP contribution in [0.4, 0.5) is 24.5 Å². The van der Waals surface area contributed by atoms with Crippen LogP contribution in [0.5, 0.6) is 0 Å². The van der Waals surface area contributed by atoms with E-state index in [2.05, 4.69) is 10.3 Å². The Balaban J connectivity index is 2.26. The van der Waals surface area contributed by atoms with Crippen molar-refractivity contribution >= 4 is 28.9 Å². The molecule has 0 bridgehead atoms. The second-order valence-corrected chi connectivity index (χ2v) is 4.51. The third kappa shape index (κ3) is 3.63. The second-order valence-electron chi connectivity index (χ2n) is 4.13. The van der Waals surface area contributed by atoms with Gasteiger partial charge in [0.15, 0.2) is 0 Å². The summed E-state index contributed by atoms with van der Waals surface area (Å²) in [6, 6.07) is 5.51. The lowest BCUT2D eigenvalue weighted by Crippen LogP contribution is -2.15. The van der Waals surface area contributed by atoms with Gasteiger partial charge in [-0.1, -0.05) is 17.7 Å². The number of benzene rings is 1. The van der Waals surface area contributed by atoms with Crippen LogP contribution in [0.1, 0.15) is 15.9 Å². The highest BCUT2D eigenvalue weighted by Gasteiger charge is 2.30. The number of alkyl halides is 3. The van der Waals surface area contributed by atoms with E-state index in [0.717, 1.165) is 12.1 Å². The molecule has 0 spiro atoms. The number of halogens is 4. The number of nitrogen functional groups attached to an aromatic ring is 1. The fraction of sp³-hybridized carbons (Fsp3) is 0.0769. The average Bonchev–Trinajstić information content (AvgIpc) is 2.41. The van der Waals surface area contributed by atoms with Crippen LogP contribution in [-0.4, -0.2) is 10.9 Å². The molecule has 4 nitrogen and oxygen atoms in total. The van der Waals surface area contributed by atoms with Crippen molar-refractivity contribution in [3.63, 3.8) is 0 Å². The molecule has 1 amide bonds. The number of aromatic nitrogens is 1. The maximum absolute atomic E-state index is 12.6. The molecule has 3 N–H and O–H groups in total. The number of hydrogen-bond acceptors (Lipinski definition) is 3. The molecule has 8 heteroatoms. The number of anilines is 2. The molecule has 0 atom stereocenters. The van der Waals surface area contributed by atoms with Crippen molar-refractivity contribution in [1.29, 1.82) is 0 Å². The molecule has 0 unspecified atom stereocenters. The first kappa shape index (κ1) is 15.1. The molecular weight excluding hydrogens is 307 g/mol. The van der Waals surface area contributed by atoms with E-state index in [0.29, 0.717) is 0 Å². The zero-order valence-electron chi connectivity index (χ0n) is 10.4. The Bertz CT molecular complexity index is 689. The SMILES string of the molecule is Nc1cnc(Cl)cc1C(=O)Nc1cccc(C(F)(F)F)c1. The first-order valence-electron chi connectivity index (χ1n) is 5.67. The number of rotatable bonds is 2. The lowest BCUT2D eigenvalue weighted by molar-refractivity contribution is -0.137. The Morgan fingerprint density at radius 3 is 2.67 bits per heavy atom. The van der Waals surface area contributed by atoms with Crippen LogP contribution in [0, 0.1) is 0 Å². The van der Waals surface area contributed by atoms with Crippen molar-refractivity contribution < 1.29 is 18.0 Å². The van der Waals surface area contributed by atoms with Gasteiger partial charge >= 0.3 is 6.18 Å². The summed E-state index contributed by atoms with van der Waals surface area (Å²) in [5, 5.41) is 2.39. The zero-order valence-corrected chi connectivity index (χ0v) is 11.2. The molecule has 0 aliphatic carbocycles. The summed E-state index contributed by atoms with van der Waals surface area (Å²) < 4.78 is 37.8. The number of carbonyl (C=O) groups is 1. The number of pyridine rings is 1. The van der Waals surface area contributed by atoms with Crippen molar-refractivity contribution in [1.82, 2.24) is 4.98 Å². The molecule has 2 rings (SSSR count). The van der Waals surface area contributed by atoms with E-state index in [-0.39, 0.29) is 22.1 Å². The minimum atomic E-state index is -4.49. The van der Waals surface area contributed by atoms with Crippen LogP contribution < -0.4 is 11.1 Å². The Morgan fingerprint density at radius 1 is 1.29 bits per heavy atom. The number of nitrogens with two attached hydrogens (primary N) is 1. The van der Waals surface area contributed by atoms with Crippen molar-refractivity contribution in [3.8, 4) is 0 Å². The quantitative estimate of drug-likeness (QED) is 0.832. The standard InChI is InChI=1S/C13H9ClF3N3O/c14-11-5-9(10(18)6-19-11)12(21)20-8-3-1-2-7(4-8)13(15,16)17/h1-6H,18H2,(H,20,21). The van der Waals surface area contributed by atoms with Gasteiger partial charge in [-0.3, -0.25) is 4.79 Å². The topological polar surface area (TPSA) is 68.0 Å². The average molecular weight is 316 g/mol. The van der Waals surface area contributed by atoms with Crippen molar-refractivity contribution in [2.75, 3.05) is 11.1 Å². The third-order valence-electron chi connectivity index (χ3n) is 2.59. The van der Waals surface area contributed by atoms with Crippen LogP contribution in [-0.2, 0) is 6.18 Å². The molecule has 0 fully saturated rings. The molecule has 1 heterocycles. The number of nitrogens with one attached hydrogen (secondary N) is 1. The van der Waals surface area contributed by atoms with E-state index >= 15 is 0 Å². The van der Waals surface area contributed by atoms with E-state index in [1.807, 2.05) is 0 Å². The summed E-state index contributed by atoms with van der Waals surface area (Å²) in [5.41, 5.74) is 4.83. The lowest BCUT2D eigenvalue weighted by Gasteiger charge is -2.10. The summed E-state index contributed by atoms with van der Waals surface area (Å²) in [6.45, 7) is 0. The fourth-order valence-electron chi connectivity index (χ4n) is 1.61. The minimum Gasteiger partial charge on any atom is -0.397 e. The van der Waals surface area contributed by atoms with Crippen molar-refractivity contribution in [2.24, 2.45) is 0 Å². The predicted octanol–water partition coefficient (Wildman–Crippen LogP) is 3.59. The highest BCUT2D eigenvalue weighted by molar-refractivity contribution is 6.30. The van der Waals surface area contributed by atoms with Gasteiger partial charge in [-0.2, -0.15) is 13.2 Å². The Labute approximate surface area is 122 Å². The summed E-state index contributed by atoms with van der Waals surface area (Å²) in [5.74, 6) is -0.670. The normalized spacial score (nSPS) is 11.2. The second kappa shape index (κ2) is 5.61. The highest BCUT2D eigenvalue weighted by Crippen LogP contribution is 2.30. The lowest BCUT2D eigenvalue weighted by atomic mass is 10.1. The van der Waals surface area contributed by atoms with Crippen molar-refractivity contribution in [3.05, 3.63) is 52.8 Å². The highest BCUT2D eigenvalue weighted by atomic mass is 35.5. The Hall–Kier alpha value is -2.28. The molecule has 0 radical (unpaired) electrons. The smallest absolute Gasteiger partial charge is 0.397 e. The molecule has 1 aromatic carbocycles. The fourth-order valence-corrected chi connectivity index (χ4v) is 1.77. The molecule has 0 saturated heterocycles. The van der Waals surface area contributed by atoms with Gasteiger partial charge in [-0.15, -0.1) is 0 Å². The number of carbonyl (C=O) groups excluding carboxylic acids is 1. The van der Waals surface area contributed by atoms with Gasteiger partial charge in [0, 0.05) is 5.69 Å². The summed E-state index contributed by atoms with van der Waals surface area (Å²) in [4.78, 5) is 15.7. The largest absolute Gasteiger partial charge is 0.416 e. The molecule has 1 aromatic heterocycles. The molecule has 0 aliphatic rings. The molecular formula is C13H9ClF3N3O. The first-order chi connectivity index (χ1) is 9.77. The predicted molar refractivity (Wildman–Crippen MR) is 73.1 cm³/mol. The van der Waals surface area contributed by atoms with E-state index in [1.165, 1.54) is 24.4 Å². The minimum absolute atomic E-state index is 0.00200. The van der Waals surface area contributed by atoms with Gasteiger partial charge in [-0.05, 0) is 24.3 Å². The van der Waals surface area contributed by atoms with E-state index < -0.39 is 17.6 Å². The van der Waals surface area contributed by atoms with Crippen molar-refractivity contribution in [2.45, 2.75) is 6.18 Å². The third-order valence-corrected chi connectivity index (χ3v) is 2.80. The molecule has 110 valence electrons. The first-order valence-corrected chi connectivity index (χ1v) is 6.05. The molecule has 0 aliphatic heterocycles. The Morgan fingerprint density at radius 2 is 2.00 bits per heavy atom. The van der Waals surface area contributed by atoms with Crippen LogP contribution in [0.15, 0.2) is 36.5 Å². The van der Waals surface area contributed by atoms with Gasteiger partial charge in [0.1, 0.15) is 5.15 Å². The van der Waals surface area contributed by atoms with Gasteiger partial charge < -0.3 is 11.1 Å². The maximum Gasteiger partial charge on any atom is 0.416 e. The van der Waals surface area contributed by atoms with Crippen LogP contribution in [0.3, 0.4) is 0 Å². The van der Waals surface area contributed by atoms with Crippen LogP contribution >= 0.6 is 11.6 Å². The monoisotopic (exact) mass is 315 g/mol. The van der Waals surface area contributed by atoms with Crippen LogP contribution in [0.2, 0.25) is 5.15 Å². The summed E-state index contributed by atoms with van der Waals surface area (Å²) in [6.07, 6.45) is -3.29. The van der Waals surface area contributed by atoms with Gasteiger partial charge in [0.25, 0.3) is 5.91 Å². The zero-order chi connectivity index (χ0) is 15.6. The molecule has 21 heavy (non-hydrogen) atoms. The number of nitrogens with zero attached hydrogens (tertiary/aromatic N) is 1. The van der Waals surface area contributed by atoms with Gasteiger partial charge in [0.2, 0.25) is 0 Å². The number of hydrogen-bond donors (Lipinski definition) is 2. The number of amides is 1. The molecule has 2 aromatic rings. The van der Waals surface area contributed by atoms with E-state index in [4.69, 9.17) is 17.3 Å².